The van der Waals surface area contributed by atoms with Gasteiger partial charge in [-0.05, 0) is 52.4 Å². The van der Waals surface area contributed by atoms with Crippen LogP contribution in [-0.4, -0.2) is 4.57 Å². The molecule has 7 aromatic carbocycles. The number of benzene rings is 7. The van der Waals surface area contributed by atoms with Gasteiger partial charge in [-0.2, -0.15) is 0 Å². The number of nitrogens with zero attached hydrogens (tertiary/aromatic N) is 1. The highest BCUT2D eigenvalue weighted by atomic mass is 16.3. The lowest BCUT2D eigenvalue weighted by Gasteiger charge is -2.15. The minimum atomic E-state index is 0.885. The Bertz CT molecular complexity index is 2430. The van der Waals surface area contributed by atoms with Gasteiger partial charge in [0.1, 0.15) is 11.3 Å². The molecule has 9 rings (SSSR count). The van der Waals surface area contributed by atoms with E-state index in [1.807, 2.05) is 6.07 Å². The molecule has 0 unspecified atom stereocenters. The molecule has 0 saturated carbocycles. The Morgan fingerprint density at radius 2 is 0.955 bits per heavy atom. The Labute approximate surface area is 255 Å². The Balaban J connectivity index is 1.26. The molecule has 2 aromatic heterocycles. The lowest BCUT2D eigenvalue weighted by molar-refractivity contribution is 0.632. The van der Waals surface area contributed by atoms with Gasteiger partial charge in [-0.3, -0.25) is 0 Å². The van der Waals surface area contributed by atoms with Crippen LogP contribution in [0.25, 0.3) is 82.8 Å². The number of rotatable bonds is 4. The third-order valence-corrected chi connectivity index (χ3v) is 8.82. The zero-order valence-electron chi connectivity index (χ0n) is 23.9. The maximum absolute atomic E-state index is 6.69. The van der Waals surface area contributed by atoms with Crippen molar-refractivity contribution in [2.75, 3.05) is 0 Å². The molecule has 0 N–H and O–H groups in total. The van der Waals surface area contributed by atoms with Crippen molar-refractivity contribution >= 4 is 43.5 Å². The van der Waals surface area contributed by atoms with Crippen LogP contribution in [0.3, 0.4) is 0 Å². The molecule has 0 fully saturated rings. The first-order valence-corrected chi connectivity index (χ1v) is 15.0. The van der Waals surface area contributed by atoms with Gasteiger partial charge < -0.3 is 8.98 Å². The van der Waals surface area contributed by atoms with Gasteiger partial charge in [0.25, 0.3) is 0 Å². The zero-order chi connectivity index (χ0) is 29.0. The van der Waals surface area contributed by atoms with Crippen LogP contribution >= 0.6 is 0 Å². The Morgan fingerprint density at radius 1 is 0.386 bits per heavy atom. The topological polar surface area (TPSA) is 18.1 Å². The molecule has 0 aliphatic heterocycles. The number of furan rings is 1. The number of hydrogen-bond donors (Lipinski definition) is 0. The minimum absolute atomic E-state index is 0.885. The summed E-state index contributed by atoms with van der Waals surface area (Å²) in [5.74, 6) is 0.899. The maximum atomic E-state index is 6.69. The summed E-state index contributed by atoms with van der Waals surface area (Å²) in [5, 5.41) is 6.08. The zero-order valence-corrected chi connectivity index (χ0v) is 23.9. The third kappa shape index (κ3) is 3.75. The first kappa shape index (κ1) is 24.7. The van der Waals surface area contributed by atoms with Gasteiger partial charge in [0.2, 0.25) is 0 Å². The Morgan fingerprint density at radius 3 is 1.64 bits per heavy atom. The van der Waals surface area contributed by atoms with Gasteiger partial charge in [-0.1, -0.05) is 133 Å². The van der Waals surface area contributed by atoms with E-state index in [9.17, 15) is 0 Å². The predicted molar refractivity (Wildman–Crippen MR) is 184 cm³/mol. The summed E-state index contributed by atoms with van der Waals surface area (Å²) in [6, 6.07) is 58.3. The van der Waals surface area contributed by atoms with Crippen LogP contribution in [0.1, 0.15) is 0 Å². The van der Waals surface area contributed by atoms with E-state index in [4.69, 9.17) is 4.42 Å². The average molecular weight is 562 g/mol. The lowest BCUT2D eigenvalue weighted by Crippen LogP contribution is -1.96. The molecule has 0 aliphatic rings. The lowest BCUT2D eigenvalue weighted by atomic mass is 9.94. The monoisotopic (exact) mass is 561 g/mol. The first-order valence-electron chi connectivity index (χ1n) is 15.0. The van der Waals surface area contributed by atoms with E-state index in [0.29, 0.717) is 0 Å². The Kier molecular flexibility index (Phi) is 5.54. The molecule has 9 aromatic rings. The summed E-state index contributed by atoms with van der Waals surface area (Å²) < 4.78 is 9.10. The molecule has 0 atom stereocenters. The summed E-state index contributed by atoms with van der Waals surface area (Å²) in [7, 11) is 0. The second-order valence-corrected chi connectivity index (χ2v) is 11.3. The Hall–Kier alpha value is -5.86. The van der Waals surface area contributed by atoms with Gasteiger partial charge in [-0.25, -0.2) is 0 Å². The van der Waals surface area contributed by atoms with E-state index in [-0.39, 0.29) is 0 Å². The van der Waals surface area contributed by atoms with Crippen molar-refractivity contribution in [3.8, 4) is 39.3 Å². The van der Waals surface area contributed by atoms with Crippen LogP contribution in [-0.2, 0) is 0 Å². The van der Waals surface area contributed by atoms with Crippen LogP contribution in [0.4, 0.5) is 0 Å². The third-order valence-electron chi connectivity index (χ3n) is 8.82. The highest BCUT2D eigenvalue weighted by molar-refractivity contribution is 6.12. The van der Waals surface area contributed by atoms with Crippen LogP contribution in [0.15, 0.2) is 168 Å². The molecule has 0 amide bonds. The van der Waals surface area contributed by atoms with Crippen LogP contribution < -0.4 is 0 Å². The predicted octanol–water partition coefficient (Wildman–Crippen LogP) is 11.7. The summed E-state index contributed by atoms with van der Waals surface area (Å²) >= 11 is 0. The van der Waals surface area contributed by atoms with E-state index in [0.717, 1.165) is 39.0 Å². The van der Waals surface area contributed by atoms with Gasteiger partial charge in [0.05, 0.1) is 16.7 Å². The molecular formula is C42H27NO. The SMILES string of the molecule is c1ccc(-c2oc3cc(-c4ccc(-n5c6ccccc6c6ccccc65)c5ccccc45)ccc3c2-c2ccccc2)cc1. The van der Waals surface area contributed by atoms with Gasteiger partial charge in [0.15, 0.2) is 0 Å². The summed E-state index contributed by atoms with van der Waals surface area (Å²) in [5.41, 5.74) is 10.2. The molecule has 0 radical (unpaired) electrons. The molecule has 2 heteroatoms. The van der Waals surface area contributed by atoms with Crippen molar-refractivity contribution in [2.45, 2.75) is 0 Å². The second-order valence-electron chi connectivity index (χ2n) is 11.3. The van der Waals surface area contributed by atoms with Crippen molar-refractivity contribution in [2.24, 2.45) is 0 Å². The normalized spacial score (nSPS) is 11.6. The molecule has 2 nitrogen and oxygen atoms in total. The van der Waals surface area contributed by atoms with E-state index >= 15 is 0 Å². The van der Waals surface area contributed by atoms with Crippen LogP contribution in [0, 0.1) is 0 Å². The van der Waals surface area contributed by atoms with E-state index in [1.54, 1.807) is 0 Å². The molecule has 0 aliphatic carbocycles. The quantitative estimate of drug-likeness (QED) is 0.209. The molecule has 2 heterocycles. The van der Waals surface area contributed by atoms with E-state index in [1.165, 1.54) is 43.8 Å². The molecular weight excluding hydrogens is 534 g/mol. The number of fused-ring (bicyclic) bond motifs is 5. The molecule has 0 spiro atoms. The molecule has 0 bridgehead atoms. The largest absolute Gasteiger partial charge is 0.455 e. The van der Waals surface area contributed by atoms with Gasteiger partial charge >= 0.3 is 0 Å². The van der Waals surface area contributed by atoms with Crippen LogP contribution in [0.5, 0.6) is 0 Å². The van der Waals surface area contributed by atoms with Crippen molar-refractivity contribution < 1.29 is 4.42 Å². The number of hydrogen-bond acceptors (Lipinski definition) is 1. The number of para-hydroxylation sites is 2. The number of aromatic nitrogens is 1. The summed E-state index contributed by atoms with van der Waals surface area (Å²) in [4.78, 5) is 0. The van der Waals surface area contributed by atoms with Crippen molar-refractivity contribution in [3.63, 3.8) is 0 Å². The van der Waals surface area contributed by atoms with Gasteiger partial charge in [0, 0.05) is 32.7 Å². The van der Waals surface area contributed by atoms with Crippen molar-refractivity contribution in [1.29, 1.82) is 0 Å². The first-order chi connectivity index (χ1) is 21.8. The molecule has 206 valence electrons. The highest BCUT2D eigenvalue weighted by Crippen LogP contribution is 2.43. The summed E-state index contributed by atoms with van der Waals surface area (Å²) in [6.07, 6.45) is 0. The molecule has 0 saturated heterocycles. The fourth-order valence-electron chi connectivity index (χ4n) is 6.86. The minimum Gasteiger partial charge on any atom is -0.455 e. The van der Waals surface area contributed by atoms with E-state index < -0.39 is 0 Å². The van der Waals surface area contributed by atoms with Crippen LogP contribution in [0.2, 0.25) is 0 Å². The fourth-order valence-corrected chi connectivity index (χ4v) is 6.86. The average Bonchev–Trinajstić information content (AvgIpc) is 3.64. The fraction of sp³-hybridized carbons (Fsp3) is 0. The smallest absolute Gasteiger partial charge is 0.143 e. The van der Waals surface area contributed by atoms with Crippen molar-refractivity contribution in [3.05, 3.63) is 164 Å². The maximum Gasteiger partial charge on any atom is 0.143 e. The van der Waals surface area contributed by atoms with E-state index in [2.05, 4.69) is 162 Å². The standard InChI is InChI=1S/C42H27NO/c1-3-13-28(14-4-1)41-36-24-23-30(27-40(36)44-42(41)29-15-5-2-6-16-29)31-25-26-39(33-18-8-7-17-32(31)33)43-37-21-11-9-19-34(37)35-20-10-12-22-38(35)43/h1-27H. The highest BCUT2D eigenvalue weighted by Gasteiger charge is 2.20. The second kappa shape index (κ2) is 9.86. The van der Waals surface area contributed by atoms with Crippen molar-refractivity contribution in [1.82, 2.24) is 4.57 Å². The van der Waals surface area contributed by atoms with Gasteiger partial charge in [-0.15, -0.1) is 0 Å². The summed E-state index contributed by atoms with van der Waals surface area (Å²) in [6.45, 7) is 0. The molecule has 44 heavy (non-hydrogen) atoms.